The van der Waals surface area contributed by atoms with Gasteiger partial charge in [0, 0.05) is 19.8 Å². The lowest BCUT2D eigenvalue weighted by atomic mass is 9.81. The van der Waals surface area contributed by atoms with Gasteiger partial charge in [-0.3, -0.25) is 0 Å². The summed E-state index contributed by atoms with van der Waals surface area (Å²) in [6.07, 6.45) is 3.63. The van der Waals surface area contributed by atoms with Crippen LogP contribution in [0.4, 0.5) is 0 Å². The molecule has 3 heteroatoms. The van der Waals surface area contributed by atoms with Gasteiger partial charge in [0.1, 0.15) is 0 Å². The summed E-state index contributed by atoms with van der Waals surface area (Å²) in [6, 6.07) is 0. The van der Waals surface area contributed by atoms with Crippen LogP contribution in [0.5, 0.6) is 0 Å². The van der Waals surface area contributed by atoms with Crippen LogP contribution in [-0.4, -0.2) is 44.0 Å². The summed E-state index contributed by atoms with van der Waals surface area (Å²) in [6.45, 7) is 8.78. The van der Waals surface area contributed by atoms with E-state index in [1.54, 1.807) is 0 Å². The van der Waals surface area contributed by atoms with E-state index in [1.807, 2.05) is 0 Å². The highest BCUT2D eigenvalue weighted by atomic mass is 32.1. The summed E-state index contributed by atoms with van der Waals surface area (Å²) < 4.78 is 5.45. The molecule has 1 rings (SSSR count). The number of nitrogens with zero attached hydrogens (tertiary/aromatic N) is 1. The second-order valence-electron chi connectivity index (χ2n) is 5.69. The number of ether oxygens (including phenoxy) is 1. The molecular weight excluding hydrogens is 218 g/mol. The van der Waals surface area contributed by atoms with Crippen molar-refractivity contribution >= 4 is 12.6 Å². The number of thiol groups is 1. The lowest BCUT2D eigenvalue weighted by Crippen LogP contribution is -2.41. The number of hydrogen-bond acceptors (Lipinski definition) is 3. The summed E-state index contributed by atoms with van der Waals surface area (Å²) in [5, 5.41) is 0. The maximum atomic E-state index is 5.45. The van der Waals surface area contributed by atoms with Gasteiger partial charge in [-0.2, -0.15) is 12.6 Å². The van der Waals surface area contributed by atoms with Crippen molar-refractivity contribution in [2.75, 3.05) is 39.1 Å². The third-order valence-electron chi connectivity index (χ3n) is 3.58. The van der Waals surface area contributed by atoms with Gasteiger partial charge >= 0.3 is 0 Å². The van der Waals surface area contributed by atoms with Gasteiger partial charge in [0.15, 0.2) is 0 Å². The molecule has 2 nitrogen and oxygen atoms in total. The van der Waals surface area contributed by atoms with Gasteiger partial charge in [0.05, 0.1) is 0 Å². The first-order chi connectivity index (χ1) is 7.58. The maximum absolute atomic E-state index is 5.45. The van der Waals surface area contributed by atoms with Crippen molar-refractivity contribution in [3.63, 3.8) is 0 Å². The molecule has 0 bridgehead atoms. The highest BCUT2D eigenvalue weighted by molar-refractivity contribution is 7.80. The molecule has 0 aromatic heterocycles. The molecular formula is C13H27NOS. The third-order valence-corrected chi connectivity index (χ3v) is 4.25. The average Bonchev–Trinajstić information content (AvgIpc) is 2.28. The van der Waals surface area contributed by atoms with Crippen molar-refractivity contribution < 1.29 is 4.74 Å². The minimum absolute atomic E-state index is 0.396. The lowest BCUT2D eigenvalue weighted by Gasteiger charge is -2.39. The van der Waals surface area contributed by atoms with Crippen LogP contribution in [-0.2, 0) is 4.74 Å². The Labute approximate surface area is 106 Å². The van der Waals surface area contributed by atoms with Crippen LogP contribution < -0.4 is 0 Å². The molecule has 0 aromatic carbocycles. The summed E-state index contributed by atoms with van der Waals surface area (Å²) >= 11 is 4.55. The fourth-order valence-corrected chi connectivity index (χ4v) is 2.72. The Hall–Kier alpha value is 0.270. The van der Waals surface area contributed by atoms with Gasteiger partial charge in [0.2, 0.25) is 0 Å². The van der Waals surface area contributed by atoms with E-state index in [4.69, 9.17) is 4.74 Å². The predicted octanol–water partition coefficient (Wildman–Crippen LogP) is 2.69. The molecule has 1 aliphatic rings. The van der Waals surface area contributed by atoms with E-state index in [2.05, 4.69) is 38.4 Å². The Morgan fingerprint density at radius 3 is 2.44 bits per heavy atom. The summed E-state index contributed by atoms with van der Waals surface area (Å²) in [5.41, 5.74) is 0.396. The number of rotatable bonds is 6. The Morgan fingerprint density at radius 1 is 1.31 bits per heavy atom. The molecule has 16 heavy (non-hydrogen) atoms. The molecule has 1 fully saturated rings. The van der Waals surface area contributed by atoms with Crippen molar-refractivity contribution in [3.8, 4) is 0 Å². The van der Waals surface area contributed by atoms with E-state index >= 15 is 0 Å². The van der Waals surface area contributed by atoms with Gasteiger partial charge < -0.3 is 9.64 Å². The molecule has 0 amide bonds. The second-order valence-corrected chi connectivity index (χ2v) is 6.01. The first kappa shape index (κ1) is 14.3. The van der Waals surface area contributed by atoms with E-state index in [0.717, 1.165) is 24.9 Å². The molecule has 96 valence electrons. The highest BCUT2D eigenvalue weighted by Gasteiger charge is 2.32. The van der Waals surface area contributed by atoms with E-state index in [0.29, 0.717) is 5.41 Å². The largest absolute Gasteiger partial charge is 0.381 e. The summed E-state index contributed by atoms with van der Waals surface area (Å²) in [5.74, 6) is 1.78. The molecule has 0 saturated carbocycles. The third kappa shape index (κ3) is 4.64. The van der Waals surface area contributed by atoms with Crippen LogP contribution in [0.1, 0.15) is 33.1 Å². The normalized spacial score (nSPS) is 20.6. The molecule has 0 aromatic rings. The van der Waals surface area contributed by atoms with Gasteiger partial charge in [-0.25, -0.2) is 0 Å². The van der Waals surface area contributed by atoms with Gasteiger partial charge in [-0.1, -0.05) is 13.8 Å². The smallest absolute Gasteiger partial charge is 0.0472 e. The van der Waals surface area contributed by atoms with E-state index in [9.17, 15) is 0 Å². The van der Waals surface area contributed by atoms with Gasteiger partial charge in [-0.15, -0.1) is 0 Å². The lowest BCUT2D eigenvalue weighted by molar-refractivity contribution is 0.0111. The van der Waals surface area contributed by atoms with Crippen molar-refractivity contribution in [3.05, 3.63) is 0 Å². The zero-order valence-electron chi connectivity index (χ0n) is 11.0. The minimum atomic E-state index is 0.396. The maximum Gasteiger partial charge on any atom is 0.0472 e. The Bertz CT molecular complexity index is 190. The molecule has 0 spiro atoms. The van der Waals surface area contributed by atoms with Crippen LogP contribution >= 0.6 is 12.6 Å². The fourth-order valence-electron chi connectivity index (χ4n) is 2.30. The predicted molar refractivity (Wildman–Crippen MR) is 73.3 cm³/mol. The zero-order valence-corrected chi connectivity index (χ0v) is 11.9. The Morgan fingerprint density at radius 2 is 1.94 bits per heavy atom. The van der Waals surface area contributed by atoms with Crippen LogP contribution in [0.2, 0.25) is 0 Å². The van der Waals surface area contributed by atoms with E-state index < -0.39 is 0 Å². The van der Waals surface area contributed by atoms with Gasteiger partial charge in [-0.05, 0) is 49.9 Å². The van der Waals surface area contributed by atoms with Crippen molar-refractivity contribution in [1.82, 2.24) is 4.90 Å². The van der Waals surface area contributed by atoms with Gasteiger partial charge in [0.25, 0.3) is 0 Å². The molecule has 0 radical (unpaired) electrons. The molecule has 1 aliphatic heterocycles. The molecule has 0 aliphatic carbocycles. The van der Waals surface area contributed by atoms with Crippen LogP contribution in [0.3, 0.4) is 0 Å². The van der Waals surface area contributed by atoms with Crippen LogP contribution in [0, 0.1) is 11.3 Å². The quantitative estimate of drug-likeness (QED) is 0.722. The molecule has 0 N–H and O–H groups in total. The number of hydrogen-bond donors (Lipinski definition) is 1. The van der Waals surface area contributed by atoms with Crippen molar-refractivity contribution in [1.29, 1.82) is 0 Å². The zero-order chi connectivity index (χ0) is 12.0. The van der Waals surface area contributed by atoms with Crippen molar-refractivity contribution in [2.45, 2.75) is 33.1 Å². The monoisotopic (exact) mass is 245 g/mol. The molecule has 0 atom stereocenters. The summed E-state index contributed by atoms with van der Waals surface area (Å²) in [4.78, 5) is 2.47. The van der Waals surface area contributed by atoms with Crippen LogP contribution in [0.15, 0.2) is 0 Å². The second kappa shape index (κ2) is 6.87. The van der Waals surface area contributed by atoms with Crippen molar-refractivity contribution in [2.24, 2.45) is 11.3 Å². The SMILES string of the molecule is CC(C)CCN(C)CC1(CS)CCOCC1. The standard InChI is InChI=1S/C13H27NOS/c1-12(2)4-7-14(3)10-13(11-16)5-8-15-9-6-13/h12,16H,4-11H2,1-3H3. The van der Waals surface area contributed by atoms with Crippen LogP contribution in [0.25, 0.3) is 0 Å². The molecule has 0 unspecified atom stereocenters. The fraction of sp³-hybridized carbons (Fsp3) is 1.00. The topological polar surface area (TPSA) is 12.5 Å². The first-order valence-electron chi connectivity index (χ1n) is 6.45. The Balaban J connectivity index is 2.36. The van der Waals surface area contributed by atoms with E-state index in [-0.39, 0.29) is 0 Å². The molecule has 1 saturated heterocycles. The molecule has 1 heterocycles. The van der Waals surface area contributed by atoms with E-state index in [1.165, 1.54) is 32.4 Å². The Kier molecular flexibility index (Phi) is 6.16. The summed E-state index contributed by atoms with van der Waals surface area (Å²) in [7, 11) is 2.24. The average molecular weight is 245 g/mol. The minimum Gasteiger partial charge on any atom is -0.381 e. The first-order valence-corrected chi connectivity index (χ1v) is 7.08. The highest BCUT2D eigenvalue weighted by Crippen LogP contribution is 2.32.